The van der Waals surface area contributed by atoms with E-state index in [1.165, 1.54) is 35.2 Å². The van der Waals surface area contributed by atoms with Crippen molar-refractivity contribution in [2.24, 2.45) is 0 Å². The molecule has 256 valence electrons. The van der Waals surface area contributed by atoms with Crippen molar-refractivity contribution < 1.29 is 27.2 Å². The number of alkyl halides is 3. The van der Waals surface area contributed by atoms with Crippen LogP contribution in [0.25, 0.3) is 5.69 Å². The number of nitriles is 1. The number of likely N-dealkylation sites (N-methyl/N-ethyl adjacent to an activating group) is 1. The number of hydrogen-bond acceptors (Lipinski definition) is 6. The van der Waals surface area contributed by atoms with E-state index in [0.29, 0.717) is 41.3 Å². The second kappa shape index (κ2) is 14.5. The smallest absolute Gasteiger partial charge is 0.339 e. The Morgan fingerprint density at radius 1 is 1.04 bits per heavy atom. The number of benzene rings is 3. The van der Waals surface area contributed by atoms with Gasteiger partial charge in [-0.25, -0.2) is 9.07 Å². The van der Waals surface area contributed by atoms with Crippen molar-refractivity contribution >= 4 is 17.6 Å². The quantitative estimate of drug-likeness (QED) is 0.117. The Hall–Kier alpha value is -5.22. The van der Waals surface area contributed by atoms with E-state index in [0.717, 1.165) is 24.7 Å². The van der Waals surface area contributed by atoms with Gasteiger partial charge in [0.1, 0.15) is 17.7 Å². The number of hydrogen-bond donors (Lipinski definition) is 1. The Morgan fingerprint density at radius 3 is 2.35 bits per heavy atom. The van der Waals surface area contributed by atoms with Crippen molar-refractivity contribution in [2.75, 3.05) is 38.6 Å². The van der Waals surface area contributed by atoms with Gasteiger partial charge in [0, 0.05) is 30.1 Å². The van der Waals surface area contributed by atoms with Crippen LogP contribution in [0.3, 0.4) is 0 Å². The Labute approximate surface area is 282 Å². The third-order valence-electron chi connectivity index (χ3n) is 8.64. The summed E-state index contributed by atoms with van der Waals surface area (Å²) in [5.74, 6) is -2.45. The summed E-state index contributed by atoms with van der Waals surface area (Å²) in [4.78, 5) is 33.2. The number of aromatic nitrogens is 2. The van der Waals surface area contributed by atoms with Gasteiger partial charge >= 0.3 is 6.18 Å². The predicted molar refractivity (Wildman–Crippen MR) is 176 cm³/mol. The molecule has 0 aliphatic carbocycles. The maximum absolute atomic E-state index is 14.5. The fourth-order valence-corrected chi connectivity index (χ4v) is 6.21. The standard InChI is InChI=1S/C36H37F4N7O2/c1-5-46-34-30(31(43-47(34)28-13-7-6-8-14-28)23(2)45(22-41)20-10-19-44(3)4)29(24-15-17-27(37)18-16-24)32(35(46)49)42-33(48)25-11-9-12-26(21-25)36(38,39)40/h6-9,11-18,21,23,29,32H,5,10,19-20H2,1-4H3,(H,42,48)/t23-,29+,32-/m1/s1. The highest BCUT2D eigenvalue weighted by molar-refractivity contribution is 6.05. The van der Waals surface area contributed by atoms with Crippen LogP contribution in [-0.4, -0.2) is 71.2 Å². The summed E-state index contributed by atoms with van der Waals surface area (Å²) in [5.41, 5.74) is 0.825. The van der Waals surface area contributed by atoms with Crippen LogP contribution < -0.4 is 10.2 Å². The summed E-state index contributed by atoms with van der Waals surface area (Å²) in [7, 11) is 3.88. The number of carbonyl (C=O) groups is 2. The zero-order valence-corrected chi connectivity index (χ0v) is 27.6. The highest BCUT2D eigenvalue weighted by atomic mass is 19.4. The van der Waals surface area contributed by atoms with Crippen LogP contribution in [0, 0.1) is 17.3 Å². The van der Waals surface area contributed by atoms with E-state index in [-0.39, 0.29) is 12.1 Å². The minimum atomic E-state index is -4.68. The molecule has 0 saturated heterocycles. The van der Waals surface area contributed by atoms with Crippen molar-refractivity contribution in [3.63, 3.8) is 0 Å². The van der Waals surface area contributed by atoms with E-state index in [1.54, 1.807) is 16.5 Å². The van der Waals surface area contributed by atoms with Crippen LogP contribution in [0.1, 0.15) is 65.0 Å². The molecule has 0 spiro atoms. The topological polar surface area (TPSA) is 97.5 Å². The molecule has 5 rings (SSSR count). The van der Waals surface area contributed by atoms with Crippen molar-refractivity contribution in [1.82, 2.24) is 24.9 Å². The van der Waals surface area contributed by atoms with Gasteiger partial charge < -0.3 is 15.1 Å². The molecule has 49 heavy (non-hydrogen) atoms. The molecule has 3 atom stereocenters. The number of nitrogens with zero attached hydrogens (tertiary/aromatic N) is 6. The number of carbonyl (C=O) groups excluding carboxylic acids is 2. The molecule has 0 bridgehead atoms. The predicted octanol–water partition coefficient (Wildman–Crippen LogP) is 6.12. The van der Waals surface area contributed by atoms with Crippen molar-refractivity contribution in [3.05, 3.63) is 113 Å². The highest BCUT2D eigenvalue weighted by Crippen LogP contribution is 2.46. The zero-order chi connectivity index (χ0) is 35.5. The molecular weight excluding hydrogens is 638 g/mol. The second-order valence-electron chi connectivity index (χ2n) is 12.1. The molecule has 0 saturated carbocycles. The van der Waals surface area contributed by atoms with Gasteiger partial charge in [-0.15, -0.1) is 0 Å². The Bertz CT molecular complexity index is 1830. The maximum atomic E-state index is 14.5. The van der Waals surface area contributed by atoms with E-state index >= 15 is 0 Å². The van der Waals surface area contributed by atoms with Gasteiger partial charge in [-0.1, -0.05) is 36.4 Å². The summed E-state index contributed by atoms with van der Waals surface area (Å²) in [6.07, 6.45) is -1.72. The molecule has 13 heteroatoms. The third kappa shape index (κ3) is 7.29. The molecule has 3 aromatic carbocycles. The number of halogens is 4. The largest absolute Gasteiger partial charge is 0.416 e. The first-order valence-corrected chi connectivity index (χ1v) is 15.9. The van der Waals surface area contributed by atoms with Gasteiger partial charge in [0.25, 0.3) is 11.8 Å². The molecular formula is C36H37F4N7O2. The van der Waals surface area contributed by atoms with Crippen LogP contribution >= 0.6 is 0 Å². The van der Waals surface area contributed by atoms with E-state index < -0.39 is 47.4 Å². The van der Waals surface area contributed by atoms with Crippen molar-refractivity contribution in [2.45, 2.75) is 44.4 Å². The molecule has 2 amide bonds. The number of fused-ring (bicyclic) bond motifs is 1. The van der Waals surface area contributed by atoms with Gasteiger partial charge in [0.2, 0.25) is 0 Å². The summed E-state index contributed by atoms with van der Waals surface area (Å²) in [5, 5.41) is 18.0. The van der Waals surface area contributed by atoms with Gasteiger partial charge in [-0.05, 0) is 88.9 Å². The molecule has 2 heterocycles. The zero-order valence-electron chi connectivity index (χ0n) is 27.6. The van der Waals surface area contributed by atoms with Crippen molar-refractivity contribution in [3.8, 4) is 11.9 Å². The van der Waals surface area contributed by atoms with Gasteiger partial charge in [0.05, 0.1) is 23.0 Å². The molecule has 0 fully saturated rings. The fourth-order valence-electron chi connectivity index (χ4n) is 6.21. The van der Waals surface area contributed by atoms with Crippen molar-refractivity contribution in [1.29, 1.82) is 5.26 Å². The van der Waals surface area contributed by atoms with E-state index in [4.69, 9.17) is 5.10 Å². The summed E-state index contributed by atoms with van der Waals surface area (Å²) >= 11 is 0. The highest BCUT2D eigenvalue weighted by Gasteiger charge is 2.47. The lowest BCUT2D eigenvalue weighted by molar-refractivity contribution is -0.137. The number of amides is 2. The molecule has 1 aliphatic rings. The first-order chi connectivity index (χ1) is 23.3. The monoisotopic (exact) mass is 675 g/mol. The Kier molecular flexibility index (Phi) is 10.4. The van der Waals surface area contributed by atoms with Crippen LogP contribution in [-0.2, 0) is 11.0 Å². The molecule has 4 aromatic rings. The molecule has 0 radical (unpaired) electrons. The van der Waals surface area contributed by atoms with E-state index in [1.807, 2.05) is 56.3 Å². The average molecular weight is 676 g/mol. The van der Waals surface area contributed by atoms with E-state index in [2.05, 4.69) is 11.5 Å². The van der Waals surface area contributed by atoms with Gasteiger partial charge in [-0.2, -0.15) is 23.5 Å². The fraction of sp³-hybridized carbons (Fsp3) is 0.333. The Morgan fingerprint density at radius 2 is 1.73 bits per heavy atom. The first kappa shape index (κ1) is 35.1. The minimum Gasteiger partial charge on any atom is -0.339 e. The Balaban J connectivity index is 1.71. The van der Waals surface area contributed by atoms with E-state index in [9.17, 15) is 32.4 Å². The van der Waals surface area contributed by atoms with Gasteiger partial charge in [-0.3, -0.25) is 14.5 Å². The SMILES string of the molecule is CCN1C(=O)[C@H](NC(=O)c2cccc(C(F)(F)F)c2)[C@@H](c2ccc(F)cc2)c2c([C@@H](C)N(C#N)CCCN(C)C)nn(-c3ccccc3)c21. The number of nitrogens with one attached hydrogen (secondary N) is 1. The van der Waals surface area contributed by atoms with Crippen LogP contribution in [0.4, 0.5) is 23.4 Å². The lowest BCUT2D eigenvalue weighted by Crippen LogP contribution is -2.55. The molecule has 0 unspecified atom stereocenters. The third-order valence-corrected chi connectivity index (χ3v) is 8.64. The normalized spacial score (nSPS) is 16.7. The minimum absolute atomic E-state index is 0.162. The van der Waals surface area contributed by atoms with Gasteiger partial charge in [0.15, 0.2) is 6.19 Å². The average Bonchev–Trinajstić information content (AvgIpc) is 3.47. The summed E-state index contributed by atoms with van der Waals surface area (Å²) in [6.45, 7) is 4.91. The number of para-hydroxylation sites is 1. The number of anilines is 1. The summed E-state index contributed by atoms with van der Waals surface area (Å²) in [6, 6.07) is 16.7. The first-order valence-electron chi connectivity index (χ1n) is 15.9. The molecule has 1 aliphatic heterocycles. The molecule has 1 N–H and O–H groups in total. The van der Waals surface area contributed by atoms with Crippen LogP contribution in [0.5, 0.6) is 0 Å². The lowest BCUT2D eigenvalue weighted by atomic mass is 9.80. The molecule has 1 aromatic heterocycles. The number of rotatable bonds is 11. The van der Waals surface area contributed by atoms with Crippen LogP contribution in [0.2, 0.25) is 0 Å². The second-order valence-corrected chi connectivity index (χ2v) is 12.1. The maximum Gasteiger partial charge on any atom is 0.416 e. The lowest BCUT2D eigenvalue weighted by Gasteiger charge is -2.39. The summed E-state index contributed by atoms with van der Waals surface area (Å²) < 4.78 is 56.5. The molecule has 9 nitrogen and oxygen atoms in total. The van der Waals surface area contributed by atoms with Crippen LogP contribution in [0.15, 0.2) is 78.9 Å².